The molecular formula is C14H15FN2O. The summed E-state index contributed by atoms with van der Waals surface area (Å²) in [5.74, 6) is 0.601. The van der Waals surface area contributed by atoms with Gasteiger partial charge in [-0.1, -0.05) is 6.92 Å². The van der Waals surface area contributed by atoms with Crippen LogP contribution in [0.15, 0.2) is 30.3 Å². The lowest BCUT2D eigenvalue weighted by molar-refractivity contribution is 0.468. The Morgan fingerprint density at radius 2 is 2.06 bits per heavy atom. The van der Waals surface area contributed by atoms with Gasteiger partial charge in [-0.2, -0.15) is 0 Å². The molecule has 94 valence electrons. The molecule has 18 heavy (non-hydrogen) atoms. The summed E-state index contributed by atoms with van der Waals surface area (Å²) < 4.78 is 18.8. The van der Waals surface area contributed by atoms with Crippen LogP contribution in [0.1, 0.15) is 18.3 Å². The van der Waals surface area contributed by atoms with Crippen LogP contribution in [0.5, 0.6) is 11.5 Å². The van der Waals surface area contributed by atoms with Crippen molar-refractivity contribution >= 4 is 5.69 Å². The van der Waals surface area contributed by atoms with E-state index in [1.54, 1.807) is 6.07 Å². The zero-order chi connectivity index (χ0) is 13.1. The third kappa shape index (κ3) is 2.77. The summed E-state index contributed by atoms with van der Waals surface area (Å²) in [7, 11) is 0. The van der Waals surface area contributed by atoms with Crippen LogP contribution in [-0.4, -0.2) is 4.98 Å². The minimum absolute atomic E-state index is 0.336. The molecule has 0 aliphatic heterocycles. The van der Waals surface area contributed by atoms with Gasteiger partial charge in [0, 0.05) is 23.5 Å². The Morgan fingerprint density at radius 1 is 1.28 bits per heavy atom. The fourth-order valence-electron chi connectivity index (χ4n) is 1.71. The maximum atomic E-state index is 13.2. The maximum absolute atomic E-state index is 13.2. The van der Waals surface area contributed by atoms with E-state index in [9.17, 15) is 4.39 Å². The smallest absolute Gasteiger partial charge is 0.148 e. The molecule has 0 spiro atoms. The van der Waals surface area contributed by atoms with Gasteiger partial charge in [-0.3, -0.25) is 4.98 Å². The highest BCUT2D eigenvalue weighted by Gasteiger charge is 2.07. The lowest BCUT2D eigenvalue weighted by Crippen LogP contribution is -1.96. The quantitative estimate of drug-likeness (QED) is 0.843. The number of aryl methyl sites for hydroxylation is 2. The number of nitrogens with zero attached hydrogens (tertiary/aromatic N) is 1. The first-order valence-electron chi connectivity index (χ1n) is 5.79. The first kappa shape index (κ1) is 12.4. The second-order valence-electron chi connectivity index (χ2n) is 4.07. The molecule has 1 aromatic heterocycles. The minimum Gasteiger partial charge on any atom is -0.455 e. The fourth-order valence-corrected chi connectivity index (χ4v) is 1.71. The summed E-state index contributed by atoms with van der Waals surface area (Å²) in [5, 5.41) is 0. The Kier molecular flexibility index (Phi) is 3.46. The molecule has 4 heteroatoms. The Bertz CT molecular complexity index is 549. The summed E-state index contributed by atoms with van der Waals surface area (Å²) in [5.41, 5.74) is 7.68. The number of ether oxygens (including phenoxy) is 1. The summed E-state index contributed by atoms with van der Waals surface area (Å²) in [4.78, 5) is 4.38. The molecule has 2 aromatic rings. The van der Waals surface area contributed by atoms with Crippen molar-refractivity contribution in [2.75, 3.05) is 5.73 Å². The molecule has 0 saturated heterocycles. The lowest BCUT2D eigenvalue weighted by atomic mass is 10.2. The van der Waals surface area contributed by atoms with Crippen LogP contribution in [0, 0.1) is 12.7 Å². The van der Waals surface area contributed by atoms with Crippen LogP contribution in [0.2, 0.25) is 0 Å². The van der Waals surface area contributed by atoms with E-state index in [4.69, 9.17) is 10.5 Å². The number of rotatable bonds is 3. The molecule has 0 aliphatic carbocycles. The van der Waals surface area contributed by atoms with E-state index in [2.05, 4.69) is 4.98 Å². The largest absolute Gasteiger partial charge is 0.455 e. The van der Waals surface area contributed by atoms with Crippen LogP contribution >= 0.6 is 0 Å². The van der Waals surface area contributed by atoms with Crippen LogP contribution < -0.4 is 10.5 Å². The highest BCUT2D eigenvalue weighted by atomic mass is 19.1. The molecule has 3 nitrogen and oxygen atoms in total. The molecule has 0 atom stereocenters. The van der Waals surface area contributed by atoms with Crippen molar-refractivity contribution in [3.63, 3.8) is 0 Å². The van der Waals surface area contributed by atoms with Crippen molar-refractivity contribution in [3.05, 3.63) is 47.5 Å². The SMILES string of the molecule is CCc1nc(C)ccc1Oc1cc(N)cc(F)c1. The van der Waals surface area contributed by atoms with Crippen molar-refractivity contribution in [1.29, 1.82) is 0 Å². The second kappa shape index (κ2) is 5.04. The predicted octanol–water partition coefficient (Wildman–Crippen LogP) is 3.47. The van der Waals surface area contributed by atoms with Crippen LogP contribution in [0.25, 0.3) is 0 Å². The van der Waals surface area contributed by atoms with Crippen molar-refractivity contribution in [1.82, 2.24) is 4.98 Å². The highest BCUT2D eigenvalue weighted by molar-refractivity contribution is 5.46. The van der Waals surface area contributed by atoms with Gasteiger partial charge in [-0.05, 0) is 31.5 Å². The summed E-state index contributed by atoms with van der Waals surface area (Å²) in [6.07, 6.45) is 0.752. The van der Waals surface area contributed by atoms with Crippen molar-refractivity contribution in [2.24, 2.45) is 0 Å². The topological polar surface area (TPSA) is 48.1 Å². The van der Waals surface area contributed by atoms with E-state index in [-0.39, 0.29) is 0 Å². The van der Waals surface area contributed by atoms with Crippen LogP contribution in [-0.2, 0) is 6.42 Å². The van der Waals surface area contributed by atoms with Gasteiger partial charge in [0.2, 0.25) is 0 Å². The van der Waals surface area contributed by atoms with Crippen molar-refractivity contribution < 1.29 is 9.13 Å². The van der Waals surface area contributed by atoms with Crippen LogP contribution in [0.4, 0.5) is 10.1 Å². The first-order chi connectivity index (χ1) is 8.58. The first-order valence-corrected chi connectivity index (χ1v) is 5.79. The number of aromatic nitrogens is 1. The molecule has 2 rings (SSSR count). The molecule has 0 aliphatic rings. The zero-order valence-corrected chi connectivity index (χ0v) is 10.4. The average molecular weight is 246 g/mol. The summed E-state index contributed by atoms with van der Waals surface area (Å²) in [6, 6.07) is 7.83. The number of anilines is 1. The minimum atomic E-state index is -0.414. The Labute approximate surface area is 105 Å². The van der Waals surface area contributed by atoms with Gasteiger partial charge >= 0.3 is 0 Å². The summed E-state index contributed by atoms with van der Waals surface area (Å²) >= 11 is 0. The van der Waals surface area contributed by atoms with Gasteiger partial charge in [0.1, 0.15) is 17.3 Å². The highest BCUT2D eigenvalue weighted by Crippen LogP contribution is 2.27. The molecular weight excluding hydrogens is 231 g/mol. The van der Waals surface area contributed by atoms with E-state index in [1.165, 1.54) is 12.1 Å². The van der Waals surface area contributed by atoms with Gasteiger partial charge < -0.3 is 10.5 Å². The molecule has 0 amide bonds. The molecule has 2 N–H and O–H groups in total. The third-order valence-corrected chi connectivity index (χ3v) is 2.53. The number of benzene rings is 1. The van der Waals surface area contributed by atoms with Crippen molar-refractivity contribution in [3.8, 4) is 11.5 Å². The van der Waals surface area contributed by atoms with E-state index in [1.807, 2.05) is 26.0 Å². The molecule has 0 fully saturated rings. The Hall–Kier alpha value is -2.10. The number of pyridine rings is 1. The number of hydrogen-bond donors (Lipinski definition) is 1. The molecule has 1 heterocycles. The van der Waals surface area contributed by atoms with Gasteiger partial charge in [0.15, 0.2) is 0 Å². The van der Waals surface area contributed by atoms with Crippen molar-refractivity contribution in [2.45, 2.75) is 20.3 Å². The molecule has 0 saturated carbocycles. The molecule has 0 unspecified atom stereocenters. The van der Waals surface area contributed by atoms with Gasteiger partial charge in [0.05, 0.1) is 5.69 Å². The molecule has 1 aromatic carbocycles. The van der Waals surface area contributed by atoms with Crippen LogP contribution in [0.3, 0.4) is 0 Å². The Morgan fingerprint density at radius 3 is 2.72 bits per heavy atom. The number of hydrogen-bond acceptors (Lipinski definition) is 3. The van der Waals surface area contributed by atoms with Gasteiger partial charge in [0.25, 0.3) is 0 Å². The standard InChI is InChI=1S/C14H15FN2O/c1-3-13-14(5-4-9(2)17-13)18-12-7-10(15)6-11(16)8-12/h4-8H,3,16H2,1-2H3. The molecule has 0 radical (unpaired) electrons. The number of nitrogen functional groups attached to an aromatic ring is 1. The van der Waals surface area contributed by atoms with E-state index in [0.717, 1.165) is 17.8 Å². The maximum Gasteiger partial charge on any atom is 0.148 e. The Balaban J connectivity index is 2.33. The second-order valence-corrected chi connectivity index (χ2v) is 4.07. The number of halogens is 1. The summed E-state index contributed by atoms with van der Waals surface area (Å²) in [6.45, 7) is 3.91. The molecule has 0 bridgehead atoms. The van der Waals surface area contributed by atoms with E-state index in [0.29, 0.717) is 17.2 Å². The van der Waals surface area contributed by atoms with E-state index < -0.39 is 5.82 Å². The zero-order valence-electron chi connectivity index (χ0n) is 10.4. The predicted molar refractivity (Wildman–Crippen MR) is 69.2 cm³/mol. The average Bonchev–Trinajstić information content (AvgIpc) is 2.30. The normalized spacial score (nSPS) is 10.4. The monoisotopic (exact) mass is 246 g/mol. The third-order valence-electron chi connectivity index (χ3n) is 2.53. The fraction of sp³-hybridized carbons (Fsp3) is 0.214. The number of nitrogens with two attached hydrogens (primary N) is 1. The van der Waals surface area contributed by atoms with Gasteiger partial charge in [-0.25, -0.2) is 4.39 Å². The van der Waals surface area contributed by atoms with E-state index >= 15 is 0 Å². The lowest BCUT2D eigenvalue weighted by Gasteiger charge is -2.10. The van der Waals surface area contributed by atoms with Gasteiger partial charge in [-0.15, -0.1) is 0 Å².